The van der Waals surface area contributed by atoms with E-state index in [1.54, 1.807) is 11.0 Å². The average Bonchev–Trinajstić information content (AvgIpc) is 2.59. The van der Waals surface area contributed by atoms with E-state index in [0.29, 0.717) is 18.5 Å². The third kappa shape index (κ3) is 3.30. The van der Waals surface area contributed by atoms with Gasteiger partial charge in [0.25, 0.3) is 5.91 Å². The van der Waals surface area contributed by atoms with Crippen LogP contribution in [-0.2, 0) is 9.84 Å². The molecule has 1 N–H and O–H groups in total. The van der Waals surface area contributed by atoms with Gasteiger partial charge >= 0.3 is 0 Å². The molecule has 0 atom stereocenters. The normalized spacial score (nSPS) is 18.4. The Morgan fingerprint density at radius 2 is 2.00 bits per heavy atom. The summed E-state index contributed by atoms with van der Waals surface area (Å²) in [6.45, 7) is 2.68. The highest BCUT2D eigenvalue weighted by atomic mass is 32.2. The van der Waals surface area contributed by atoms with Crippen molar-refractivity contribution in [3.05, 3.63) is 29.3 Å². The Bertz CT molecular complexity index is 611. The molecule has 1 aliphatic rings. The number of hydrogen-bond acceptors (Lipinski definition) is 4. The van der Waals surface area contributed by atoms with E-state index in [4.69, 9.17) is 0 Å². The van der Waals surface area contributed by atoms with Crippen molar-refractivity contribution in [3.63, 3.8) is 0 Å². The molecule has 1 amide bonds. The summed E-state index contributed by atoms with van der Waals surface area (Å²) in [4.78, 5) is 14.1. The van der Waals surface area contributed by atoms with E-state index in [0.717, 1.165) is 11.3 Å². The number of carbonyl (C=O) groups is 1. The topological polar surface area (TPSA) is 66.5 Å². The van der Waals surface area contributed by atoms with Gasteiger partial charge in [-0.25, -0.2) is 8.42 Å². The largest absolute Gasteiger partial charge is 0.388 e. The molecule has 6 heteroatoms. The summed E-state index contributed by atoms with van der Waals surface area (Å²) in [5, 5.41) is 3.03. The van der Waals surface area contributed by atoms with Crippen LogP contribution < -0.4 is 5.32 Å². The number of hydrogen-bond donors (Lipinski definition) is 1. The van der Waals surface area contributed by atoms with Crippen molar-refractivity contribution in [1.82, 2.24) is 4.90 Å². The summed E-state index contributed by atoms with van der Waals surface area (Å²) in [5.41, 5.74) is 2.50. The monoisotopic (exact) mass is 296 g/mol. The lowest BCUT2D eigenvalue weighted by atomic mass is 10.1. The molecule has 1 saturated heterocycles. The lowest BCUT2D eigenvalue weighted by molar-refractivity contribution is 0.0768. The van der Waals surface area contributed by atoms with Crippen LogP contribution in [0.3, 0.4) is 0 Å². The van der Waals surface area contributed by atoms with Crippen LogP contribution in [0.1, 0.15) is 22.3 Å². The van der Waals surface area contributed by atoms with Crippen LogP contribution >= 0.6 is 0 Å². The van der Waals surface area contributed by atoms with Gasteiger partial charge in [0.05, 0.1) is 11.5 Å². The van der Waals surface area contributed by atoms with Crippen LogP contribution in [0, 0.1) is 6.92 Å². The lowest BCUT2D eigenvalue weighted by Gasteiger charge is -2.21. The zero-order chi connectivity index (χ0) is 14.8. The molecule has 2 rings (SSSR count). The molecule has 0 spiro atoms. The van der Waals surface area contributed by atoms with Crippen LogP contribution in [0.25, 0.3) is 0 Å². The van der Waals surface area contributed by atoms with Gasteiger partial charge in [-0.1, -0.05) is 0 Å². The molecule has 0 aromatic heterocycles. The van der Waals surface area contributed by atoms with Crippen molar-refractivity contribution in [2.75, 3.05) is 37.0 Å². The maximum atomic E-state index is 12.5. The first kappa shape index (κ1) is 14.8. The zero-order valence-electron chi connectivity index (χ0n) is 11.8. The first-order chi connectivity index (χ1) is 9.43. The smallest absolute Gasteiger partial charge is 0.254 e. The summed E-state index contributed by atoms with van der Waals surface area (Å²) in [7, 11) is -1.16. The molecule has 1 aromatic carbocycles. The second-order valence-electron chi connectivity index (χ2n) is 5.08. The number of anilines is 1. The van der Waals surface area contributed by atoms with Crippen LogP contribution in [0.5, 0.6) is 0 Å². The summed E-state index contributed by atoms with van der Waals surface area (Å²) in [6, 6.07) is 5.57. The second kappa shape index (κ2) is 5.83. The predicted molar refractivity (Wildman–Crippen MR) is 79.9 cm³/mol. The number of rotatable bonds is 2. The standard InChI is InChI=1S/C14H20N2O3S/c1-11-10-12(15-2)4-5-13(11)14(17)16-6-3-8-20(18,19)9-7-16/h4-5,10,15H,3,6-9H2,1-2H3. The van der Waals surface area contributed by atoms with Gasteiger partial charge in [-0.3, -0.25) is 4.79 Å². The number of benzene rings is 1. The number of nitrogens with one attached hydrogen (secondary N) is 1. The Hall–Kier alpha value is -1.56. The molecule has 0 bridgehead atoms. The van der Waals surface area contributed by atoms with Crippen molar-refractivity contribution in [3.8, 4) is 0 Å². The second-order valence-corrected chi connectivity index (χ2v) is 7.38. The minimum absolute atomic E-state index is 0.0619. The van der Waals surface area contributed by atoms with Crippen molar-refractivity contribution < 1.29 is 13.2 Å². The molecule has 0 saturated carbocycles. The molecule has 1 heterocycles. The van der Waals surface area contributed by atoms with E-state index in [9.17, 15) is 13.2 Å². The van der Waals surface area contributed by atoms with E-state index in [2.05, 4.69) is 5.32 Å². The van der Waals surface area contributed by atoms with E-state index in [1.807, 2.05) is 26.1 Å². The minimum Gasteiger partial charge on any atom is -0.388 e. The molecule has 0 aliphatic carbocycles. The van der Waals surface area contributed by atoms with E-state index >= 15 is 0 Å². The van der Waals surface area contributed by atoms with Crippen molar-refractivity contribution in [2.45, 2.75) is 13.3 Å². The SMILES string of the molecule is CNc1ccc(C(=O)N2CCCS(=O)(=O)CC2)c(C)c1. The van der Waals surface area contributed by atoms with Crippen LogP contribution in [0.15, 0.2) is 18.2 Å². The zero-order valence-corrected chi connectivity index (χ0v) is 12.7. The summed E-state index contributed by atoms with van der Waals surface area (Å²) in [5.74, 6) is 0.156. The highest BCUT2D eigenvalue weighted by Crippen LogP contribution is 2.18. The van der Waals surface area contributed by atoms with Crippen molar-refractivity contribution in [2.24, 2.45) is 0 Å². The van der Waals surface area contributed by atoms with Crippen LogP contribution in [-0.4, -0.2) is 50.9 Å². The van der Waals surface area contributed by atoms with Crippen LogP contribution in [0.2, 0.25) is 0 Å². The molecule has 110 valence electrons. The lowest BCUT2D eigenvalue weighted by Crippen LogP contribution is -2.34. The molecular weight excluding hydrogens is 276 g/mol. The third-order valence-corrected chi connectivity index (χ3v) is 5.30. The number of aryl methyl sites for hydroxylation is 1. The molecule has 1 aliphatic heterocycles. The Labute approximate surface area is 119 Å². The fraction of sp³-hybridized carbons (Fsp3) is 0.500. The van der Waals surface area contributed by atoms with Gasteiger partial charge in [0.2, 0.25) is 0 Å². The number of nitrogens with zero attached hydrogens (tertiary/aromatic N) is 1. The van der Waals surface area contributed by atoms with Gasteiger partial charge in [0.1, 0.15) is 0 Å². The maximum Gasteiger partial charge on any atom is 0.254 e. The summed E-state index contributed by atoms with van der Waals surface area (Å²) >= 11 is 0. The van der Waals surface area contributed by atoms with E-state index in [1.165, 1.54) is 0 Å². The molecule has 20 heavy (non-hydrogen) atoms. The molecule has 0 radical (unpaired) electrons. The van der Waals surface area contributed by atoms with Gasteiger partial charge < -0.3 is 10.2 Å². The Kier molecular flexibility index (Phi) is 4.32. The average molecular weight is 296 g/mol. The van der Waals surface area contributed by atoms with Gasteiger partial charge in [0.15, 0.2) is 9.84 Å². The molecule has 0 unspecified atom stereocenters. The summed E-state index contributed by atoms with van der Waals surface area (Å²) < 4.78 is 23.2. The highest BCUT2D eigenvalue weighted by molar-refractivity contribution is 7.91. The van der Waals surface area contributed by atoms with Crippen molar-refractivity contribution in [1.29, 1.82) is 0 Å². The molecule has 1 aromatic rings. The number of amides is 1. The van der Waals surface area contributed by atoms with Crippen molar-refractivity contribution >= 4 is 21.4 Å². The van der Waals surface area contributed by atoms with Gasteiger partial charge in [-0.15, -0.1) is 0 Å². The third-order valence-electron chi connectivity index (χ3n) is 3.59. The molecule has 1 fully saturated rings. The highest BCUT2D eigenvalue weighted by Gasteiger charge is 2.24. The Balaban J connectivity index is 2.19. The Morgan fingerprint density at radius 3 is 2.65 bits per heavy atom. The van der Waals surface area contributed by atoms with E-state index in [-0.39, 0.29) is 24.0 Å². The maximum absolute atomic E-state index is 12.5. The minimum atomic E-state index is -2.99. The number of sulfone groups is 1. The van der Waals surface area contributed by atoms with Gasteiger partial charge in [-0.05, 0) is 37.1 Å². The van der Waals surface area contributed by atoms with Gasteiger partial charge in [-0.2, -0.15) is 0 Å². The first-order valence-corrected chi connectivity index (χ1v) is 8.53. The van der Waals surface area contributed by atoms with E-state index < -0.39 is 9.84 Å². The fourth-order valence-electron chi connectivity index (χ4n) is 2.37. The molecular formula is C14H20N2O3S. The quantitative estimate of drug-likeness (QED) is 0.893. The fourth-order valence-corrected chi connectivity index (χ4v) is 3.64. The van der Waals surface area contributed by atoms with Gasteiger partial charge in [0, 0.05) is 31.4 Å². The Morgan fingerprint density at radius 1 is 1.25 bits per heavy atom. The number of carbonyl (C=O) groups excluding carboxylic acids is 1. The van der Waals surface area contributed by atoms with Crippen LogP contribution in [0.4, 0.5) is 5.69 Å². The molecule has 5 nitrogen and oxygen atoms in total. The first-order valence-electron chi connectivity index (χ1n) is 6.71. The summed E-state index contributed by atoms with van der Waals surface area (Å²) in [6.07, 6.45) is 0.516. The predicted octanol–water partition coefficient (Wildman–Crippen LogP) is 1.30.